The highest BCUT2D eigenvalue weighted by Gasteiger charge is 2.31. The molecule has 0 fully saturated rings. The number of carboxylic acid groups (broad SMARTS) is 2. The summed E-state index contributed by atoms with van der Waals surface area (Å²) in [6.45, 7) is -0.665. The fourth-order valence-corrected chi connectivity index (χ4v) is 3.32. The Hall–Kier alpha value is -4.30. The minimum Gasteiger partial charge on any atom is -0.481 e. The van der Waals surface area contributed by atoms with E-state index in [0.29, 0.717) is 11.3 Å². The Balaban J connectivity index is 2.21. The molecule has 0 radical (unpaired) electrons. The molecule has 2 aromatic rings. The highest BCUT2D eigenvalue weighted by Crippen LogP contribution is 2.07. The molecule has 0 bridgehead atoms. The van der Waals surface area contributed by atoms with Crippen LogP contribution in [-0.2, 0) is 36.8 Å². The highest BCUT2D eigenvalue weighted by molar-refractivity contribution is 5.94. The number of aromatic amines is 1. The lowest BCUT2D eigenvalue weighted by molar-refractivity contribution is -0.143. The van der Waals surface area contributed by atoms with E-state index in [9.17, 15) is 29.1 Å². The topological polar surface area (TPSA) is 237 Å². The molecule has 0 spiro atoms. The lowest BCUT2D eigenvalue weighted by Crippen LogP contribution is -2.58. The van der Waals surface area contributed by atoms with Crippen LogP contribution in [0.1, 0.15) is 24.1 Å². The molecule has 9 N–H and O–H groups in total. The molecule has 1 aromatic carbocycles. The highest BCUT2D eigenvalue weighted by atomic mass is 16.4. The number of carboxylic acids is 2. The molecule has 14 nitrogen and oxygen atoms in total. The Bertz CT molecular complexity index is 1060. The maximum Gasteiger partial charge on any atom is 0.326 e. The summed E-state index contributed by atoms with van der Waals surface area (Å²) in [5, 5.41) is 34.9. The van der Waals surface area contributed by atoms with Crippen molar-refractivity contribution in [3.63, 3.8) is 0 Å². The molecule has 0 aliphatic carbocycles. The van der Waals surface area contributed by atoms with Gasteiger partial charge >= 0.3 is 11.9 Å². The molecule has 4 unspecified atom stereocenters. The van der Waals surface area contributed by atoms with E-state index in [4.69, 9.17) is 15.9 Å². The maximum absolute atomic E-state index is 13.1. The minimum absolute atomic E-state index is 0.00140. The van der Waals surface area contributed by atoms with Crippen molar-refractivity contribution in [1.29, 1.82) is 0 Å². The van der Waals surface area contributed by atoms with Gasteiger partial charge in [-0.25, -0.2) is 9.78 Å². The Morgan fingerprint density at radius 2 is 1.51 bits per heavy atom. The lowest BCUT2D eigenvalue weighted by Gasteiger charge is -2.25. The summed E-state index contributed by atoms with van der Waals surface area (Å²) in [5.74, 6) is -5.14. The first-order valence-electron chi connectivity index (χ1n) is 11.3. The Labute approximate surface area is 211 Å². The number of nitrogens with zero attached hydrogens (tertiary/aromatic N) is 1. The summed E-state index contributed by atoms with van der Waals surface area (Å²) in [6, 6.07) is 3.28. The van der Waals surface area contributed by atoms with E-state index in [1.165, 1.54) is 12.5 Å². The number of aliphatic carboxylic acids is 2. The number of benzene rings is 1. The number of aliphatic hydroxyl groups is 1. The van der Waals surface area contributed by atoms with Crippen LogP contribution in [0.2, 0.25) is 0 Å². The number of hydrogen-bond donors (Lipinski definition) is 8. The lowest BCUT2D eigenvalue weighted by atomic mass is 10.0. The second kappa shape index (κ2) is 14.3. The van der Waals surface area contributed by atoms with Gasteiger partial charge in [-0.15, -0.1) is 0 Å². The van der Waals surface area contributed by atoms with E-state index in [0.717, 1.165) is 0 Å². The first-order valence-corrected chi connectivity index (χ1v) is 11.3. The molecule has 2 rings (SSSR count). The zero-order valence-corrected chi connectivity index (χ0v) is 19.8. The van der Waals surface area contributed by atoms with Gasteiger partial charge in [0.15, 0.2) is 0 Å². The number of nitrogens with two attached hydrogens (primary N) is 1. The van der Waals surface area contributed by atoms with Crippen LogP contribution in [0.25, 0.3) is 0 Å². The van der Waals surface area contributed by atoms with Gasteiger partial charge in [0.1, 0.15) is 24.2 Å². The second-order valence-electron chi connectivity index (χ2n) is 8.21. The van der Waals surface area contributed by atoms with Gasteiger partial charge in [-0.3, -0.25) is 19.2 Å². The van der Waals surface area contributed by atoms with Gasteiger partial charge in [-0.1, -0.05) is 30.3 Å². The van der Waals surface area contributed by atoms with Gasteiger partial charge in [0.2, 0.25) is 17.7 Å². The first-order chi connectivity index (χ1) is 17.6. The van der Waals surface area contributed by atoms with Gasteiger partial charge in [0, 0.05) is 31.2 Å². The third kappa shape index (κ3) is 9.70. The summed E-state index contributed by atoms with van der Waals surface area (Å²) in [6.07, 6.45) is 1.76. The predicted octanol–water partition coefficient (Wildman–Crippen LogP) is -2.08. The summed E-state index contributed by atoms with van der Waals surface area (Å²) in [7, 11) is 0. The second-order valence-corrected chi connectivity index (χ2v) is 8.21. The number of carbonyl (C=O) groups excluding carboxylic acids is 3. The number of imidazole rings is 1. The Morgan fingerprint density at radius 3 is 2.08 bits per heavy atom. The normalized spacial score (nSPS) is 14.0. The average molecular weight is 519 g/mol. The molecule has 1 aromatic heterocycles. The van der Waals surface area contributed by atoms with E-state index in [1.54, 1.807) is 30.3 Å². The summed E-state index contributed by atoms with van der Waals surface area (Å²) in [4.78, 5) is 67.7. The number of H-pyrrole nitrogens is 1. The molecule has 0 saturated heterocycles. The van der Waals surface area contributed by atoms with Crippen molar-refractivity contribution in [2.45, 2.75) is 49.9 Å². The van der Waals surface area contributed by atoms with Gasteiger partial charge < -0.3 is 42.0 Å². The summed E-state index contributed by atoms with van der Waals surface area (Å²) in [5.41, 5.74) is 6.64. The molecule has 1 heterocycles. The van der Waals surface area contributed by atoms with Crippen molar-refractivity contribution in [3.05, 3.63) is 54.1 Å². The molecule has 0 saturated carbocycles. The van der Waals surface area contributed by atoms with Gasteiger partial charge in [0.05, 0.1) is 12.9 Å². The van der Waals surface area contributed by atoms with Gasteiger partial charge in [-0.2, -0.15) is 0 Å². The Morgan fingerprint density at radius 1 is 0.892 bits per heavy atom. The third-order valence-corrected chi connectivity index (χ3v) is 5.32. The monoisotopic (exact) mass is 518 g/mol. The van der Waals surface area contributed by atoms with Crippen LogP contribution in [0.5, 0.6) is 0 Å². The molecule has 0 aliphatic heterocycles. The number of amides is 3. The molecular weight excluding hydrogens is 488 g/mol. The number of carbonyl (C=O) groups is 5. The third-order valence-electron chi connectivity index (χ3n) is 5.32. The van der Waals surface area contributed by atoms with E-state index < -0.39 is 66.9 Å². The van der Waals surface area contributed by atoms with Gasteiger partial charge in [-0.05, 0) is 12.0 Å². The van der Waals surface area contributed by atoms with Crippen molar-refractivity contribution in [2.75, 3.05) is 6.61 Å². The SMILES string of the molecule is NC(CO)C(=O)NC(Cc1ccccc1)C(=O)NC(CCC(=O)O)C(=O)NC(Cc1cnc[nH]1)C(=O)O. The average Bonchev–Trinajstić information content (AvgIpc) is 3.38. The number of hydrogen-bond acceptors (Lipinski definition) is 8. The molecule has 0 aliphatic rings. The number of aromatic nitrogens is 2. The zero-order valence-electron chi connectivity index (χ0n) is 19.8. The van der Waals surface area contributed by atoms with Crippen molar-refractivity contribution in [1.82, 2.24) is 25.9 Å². The molecule has 14 heteroatoms. The minimum atomic E-state index is -1.42. The molecule has 4 atom stereocenters. The van der Waals surface area contributed by atoms with Crippen LogP contribution >= 0.6 is 0 Å². The zero-order chi connectivity index (χ0) is 27.4. The molecule has 37 heavy (non-hydrogen) atoms. The van der Waals surface area contributed by atoms with E-state index in [2.05, 4.69) is 25.9 Å². The number of nitrogens with one attached hydrogen (secondary N) is 4. The largest absolute Gasteiger partial charge is 0.481 e. The van der Waals surface area contributed by atoms with E-state index in [1.807, 2.05) is 0 Å². The van der Waals surface area contributed by atoms with Crippen LogP contribution in [0.4, 0.5) is 0 Å². The number of aliphatic hydroxyl groups excluding tert-OH is 1. The fraction of sp³-hybridized carbons (Fsp3) is 0.391. The molecule has 3 amide bonds. The van der Waals surface area contributed by atoms with E-state index in [-0.39, 0.29) is 19.3 Å². The Kier molecular flexibility index (Phi) is 11.2. The molecule has 200 valence electrons. The van der Waals surface area contributed by atoms with Crippen LogP contribution in [0.15, 0.2) is 42.9 Å². The smallest absolute Gasteiger partial charge is 0.326 e. The van der Waals surface area contributed by atoms with Crippen LogP contribution in [0, 0.1) is 0 Å². The van der Waals surface area contributed by atoms with Gasteiger partial charge in [0.25, 0.3) is 0 Å². The predicted molar refractivity (Wildman–Crippen MR) is 128 cm³/mol. The van der Waals surface area contributed by atoms with Crippen LogP contribution < -0.4 is 21.7 Å². The quantitative estimate of drug-likeness (QED) is 0.128. The van der Waals surface area contributed by atoms with Crippen molar-refractivity contribution >= 4 is 29.7 Å². The van der Waals surface area contributed by atoms with E-state index >= 15 is 0 Å². The summed E-state index contributed by atoms with van der Waals surface area (Å²) < 4.78 is 0. The fourth-order valence-electron chi connectivity index (χ4n) is 3.32. The summed E-state index contributed by atoms with van der Waals surface area (Å²) >= 11 is 0. The first kappa shape index (κ1) is 28.9. The maximum atomic E-state index is 13.1. The standard InChI is InChI=1S/C23H30N6O8/c24-15(11-30)20(33)28-17(8-13-4-2-1-3-5-13)22(35)27-16(6-7-19(31)32)21(34)29-18(23(36)37)9-14-10-25-12-26-14/h1-5,10,12,15-18,30H,6-9,11,24H2,(H,25,26)(H,27,35)(H,28,33)(H,29,34)(H,31,32)(H,36,37). The van der Waals surface area contributed by atoms with Crippen LogP contribution in [0.3, 0.4) is 0 Å². The van der Waals surface area contributed by atoms with Crippen molar-refractivity contribution in [2.24, 2.45) is 5.73 Å². The molecular formula is C23H30N6O8. The van der Waals surface area contributed by atoms with Crippen molar-refractivity contribution < 1.29 is 39.3 Å². The van der Waals surface area contributed by atoms with Crippen LogP contribution in [-0.4, -0.2) is 85.7 Å². The number of rotatable bonds is 15. The van der Waals surface area contributed by atoms with Crippen molar-refractivity contribution in [3.8, 4) is 0 Å².